The Labute approximate surface area is 136 Å². The van der Waals surface area contributed by atoms with E-state index in [1.807, 2.05) is 29.2 Å². The summed E-state index contributed by atoms with van der Waals surface area (Å²) in [7, 11) is 0. The number of hydrogen-bond donors (Lipinski definition) is 1. The van der Waals surface area contributed by atoms with Crippen molar-refractivity contribution in [2.24, 2.45) is 0 Å². The maximum atomic E-state index is 13.1. The molecule has 1 aromatic carbocycles. The number of fused-ring (bicyclic) bond motifs is 2. The van der Waals surface area contributed by atoms with Gasteiger partial charge in [0.15, 0.2) is 0 Å². The average molecular weight is 313 g/mol. The summed E-state index contributed by atoms with van der Waals surface area (Å²) >= 11 is 0. The fraction of sp³-hybridized carbons (Fsp3) is 0.556. The van der Waals surface area contributed by atoms with E-state index in [1.54, 1.807) is 0 Å². The van der Waals surface area contributed by atoms with E-state index in [-0.39, 0.29) is 24.2 Å². The van der Waals surface area contributed by atoms with Crippen molar-refractivity contribution in [1.29, 1.82) is 0 Å². The van der Waals surface area contributed by atoms with Gasteiger partial charge in [-0.25, -0.2) is 0 Å². The molecule has 1 aromatic rings. The molecule has 0 aliphatic carbocycles. The molecule has 0 unspecified atom stereocenters. The van der Waals surface area contributed by atoms with Crippen LogP contribution in [0.2, 0.25) is 0 Å². The number of benzene rings is 1. The van der Waals surface area contributed by atoms with Gasteiger partial charge in [0.2, 0.25) is 11.8 Å². The van der Waals surface area contributed by atoms with E-state index in [0.717, 1.165) is 30.9 Å². The first-order valence-corrected chi connectivity index (χ1v) is 8.64. The fourth-order valence-electron chi connectivity index (χ4n) is 4.21. The molecule has 4 rings (SSSR count). The maximum Gasteiger partial charge on any atom is 0.230 e. The number of para-hydroxylation sites is 1. The average Bonchev–Trinajstić information content (AvgIpc) is 2.60. The molecule has 1 N–H and O–H groups in total. The molecule has 3 aliphatic rings. The predicted molar refractivity (Wildman–Crippen MR) is 88.2 cm³/mol. The van der Waals surface area contributed by atoms with Crippen molar-refractivity contribution in [2.45, 2.75) is 37.6 Å². The fourth-order valence-corrected chi connectivity index (χ4v) is 4.21. The summed E-state index contributed by atoms with van der Waals surface area (Å²) in [4.78, 5) is 29.5. The third kappa shape index (κ3) is 2.74. The molecule has 5 heteroatoms. The van der Waals surface area contributed by atoms with Gasteiger partial charge in [-0.05, 0) is 31.0 Å². The number of piperazine rings is 1. The van der Waals surface area contributed by atoms with Crippen LogP contribution in [0.1, 0.15) is 37.2 Å². The van der Waals surface area contributed by atoms with Crippen LogP contribution in [0.4, 0.5) is 5.69 Å². The van der Waals surface area contributed by atoms with Gasteiger partial charge >= 0.3 is 0 Å². The Kier molecular flexibility index (Phi) is 3.81. The van der Waals surface area contributed by atoms with Crippen molar-refractivity contribution >= 4 is 17.5 Å². The van der Waals surface area contributed by atoms with Gasteiger partial charge in [-0.3, -0.25) is 14.5 Å². The van der Waals surface area contributed by atoms with Gasteiger partial charge in [-0.2, -0.15) is 0 Å². The first kappa shape index (κ1) is 14.7. The number of hydrogen-bond acceptors (Lipinski definition) is 3. The van der Waals surface area contributed by atoms with E-state index in [9.17, 15) is 9.59 Å². The lowest BCUT2D eigenvalue weighted by Crippen LogP contribution is -2.57. The molecule has 23 heavy (non-hydrogen) atoms. The zero-order chi connectivity index (χ0) is 15.8. The Morgan fingerprint density at radius 2 is 2.00 bits per heavy atom. The van der Waals surface area contributed by atoms with Gasteiger partial charge in [-0.1, -0.05) is 24.6 Å². The van der Waals surface area contributed by atoms with E-state index < -0.39 is 0 Å². The van der Waals surface area contributed by atoms with Crippen LogP contribution in [0.5, 0.6) is 0 Å². The van der Waals surface area contributed by atoms with Crippen LogP contribution in [0, 0.1) is 0 Å². The van der Waals surface area contributed by atoms with Crippen LogP contribution in [0.25, 0.3) is 0 Å². The normalized spacial score (nSPS) is 27.8. The minimum absolute atomic E-state index is 0.0571. The maximum absolute atomic E-state index is 13.1. The number of nitrogens with zero attached hydrogens (tertiary/aromatic N) is 2. The first-order chi connectivity index (χ1) is 11.2. The molecule has 122 valence electrons. The summed E-state index contributed by atoms with van der Waals surface area (Å²) in [6.07, 6.45) is 3.99. The Hall–Kier alpha value is -1.88. The number of amides is 2. The number of nitrogens with one attached hydrogen (secondary N) is 1. The highest BCUT2D eigenvalue weighted by Crippen LogP contribution is 2.34. The van der Waals surface area contributed by atoms with Crippen LogP contribution in [-0.4, -0.2) is 53.8 Å². The Bertz CT molecular complexity index is 630. The summed E-state index contributed by atoms with van der Waals surface area (Å²) in [5.41, 5.74) is 1.75. The molecule has 0 bridgehead atoms. The number of piperidine rings is 1. The zero-order valence-corrected chi connectivity index (χ0v) is 13.3. The zero-order valence-electron chi connectivity index (χ0n) is 13.3. The van der Waals surface area contributed by atoms with Gasteiger partial charge in [0.1, 0.15) is 0 Å². The van der Waals surface area contributed by atoms with Gasteiger partial charge < -0.3 is 10.2 Å². The molecule has 0 radical (unpaired) electrons. The van der Waals surface area contributed by atoms with E-state index >= 15 is 0 Å². The Morgan fingerprint density at radius 1 is 1.13 bits per heavy atom. The highest BCUT2D eigenvalue weighted by atomic mass is 16.2. The summed E-state index contributed by atoms with van der Waals surface area (Å²) in [6.45, 7) is 3.74. The number of rotatable bonds is 1. The van der Waals surface area contributed by atoms with Crippen molar-refractivity contribution in [2.75, 3.05) is 31.5 Å². The molecule has 2 atom stereocenters. The third-order valence-corrected chi connectivity index (χ3v) is 5.45. The minimum Gasteiger partial charge on any atom is -0.339 e. The van der Waals surface area contributed by atoms with E-state index in [1.165, 1.54) is 25.8 Å². The van der Waals surface area contributed by atoms with Crippen molar-refractivity contribution in [3.05, 3.63) is 29.8 Å². The summed E-state index contributed by atoms with van der Waals surface area (Å²) in [5.74, 6) is -0.258. The summed E-state index contributed by atoms with van der Waals surface area (Å²) < 4.78 is 0. The van der Waals surface area contributed by atoms with Crippen molar-refractivity contribution in [1.82, 2.24) is 9.80 Å². The van der Waals surface area contributed by atoms with Crippen molar-refractivity contribution in [3.8, 4) is 0 Å². The molecular weight excluding hydrogens is 290 g/mol. The first-order valence-electron chi connectivity index (χ1n) is 8.64. The van der Waals surface area contributed by atoms with Gasteiger partial charge in [0, 0.05) is 37.8 Å². The topological polar surface area (TPSA) is 52.7 Å². The molecule has 3 aliphatic heterocycles. The van der Waals surface area contributed by atoms with Crippen LogP contribution < -0.4 is 5.32 Å². The molecule has 0 spiro atoms. The Morgan fingerprint density at radius 3 is 2.91 bits per heavy atom. The smallest absolute Gasteiger partial charge is 0.230 e. The predicted octanol–water partition coefficient (Wildman–Crippen LogP) is 1.81. The van der Waals surface area contributed by atoms with Crippen LogP contribution in [0.3, 0.4) is 0 Å². The second-order valence-electron chi connectivity index (χ2n) is 6.86. The summed E-state index contributed by atoms with van der Waals surface area (Å²) in [5, 5.41) is 2.88. The monoisotopic (exact) mass is 313 g/mol. The molecule has 0 saturated carbocycles. The third-order valence-electron chi connectivity index (χ3n) is 5.45. The van der Waals surface area contributed by atoms with Gasteiger partial charge in [0.25, 0.3) is 0 Å². The number of carbonyl (C=O) groups is 2. The minimum atomic E-state index is -0.324. The van der Waals surface area contributed by atoms with E-state index in [0.29, 0.717) is 6.04 Å². The van der Waals surface area contributed by atoms with Crippen molar-refractivity contribution < 1.29 is 9.59 Å². The standard InChI is InChI=1S/C18H23N3O2/c22-17-11-15(14-6-1-2-7-16(14)19-17)18(23)21-10-9-20-8-4-3-5-13(20)12-21/h1-2,6-7,13,15H,3-5,8-12H2,(H,19,22)/t13-,15-/m0/s1. The second-order valence-corrected chi connectivity index (χ2v) is 6.86. The highest BCUT2D eigenvalue weighted by molar-refractivity contribution is 6.01. The van der Waals surface area contributed by atoms with E-state index in [2.05, 4.69) is 10.2 Å². The molecule has 2 saturated heterocycles. The SMILES string of the molecule is O=C1C[C@H](C(=O)N2CCN3CCCC[C@H]3C2)c2ccccc2N1. The molecule has 2 amide bonds. The van der Waals surface area contributed by atoms with Gasteiger partial charge in [-0.15, -0.1) is 0 Å². The van der Waals surface area contributed by atoms with Crippen LogP contribution >= 0.6 is 0 Å². The number of carbonyl (C=O) groups excluding carboxylic acids is 2. The molecule has 5 nitrogen and oxygen atoms in total. The molecule has 0 aromatic heterocycles. The molecular formula is C18H23N3O2. The lowest BCUT2D eigenvalue weighted by atomic mass is 9.88. The van der Waals surface area contributed by atoms with E-state index in [4.69, 9.17) is 0 Å². The van der Waals surface area contributed by atoms with Gasteiger partial charge in [0.05, 0.1) is 5.92 Å². The van der Waals surface area contributed by atoms with Crippen LogP contribution in [-0.2, 0) is 9.59 Å². The summed E-state index contributed by atoms with van der Waals surface area (Å²) in [6, 6.07) is 8.19. The lowest BCUT2D eigenvalue weighted by molar-refractivity contribution is -0.138. The number of anilines is 1. The van der Waals surface area contributed by atoms with Crippen molar-refractivity contribution in [3.63, 3.8) is 0 Å². The lowest BCUT2D eigenvalue weighted by Gasteiger charge is -2.45. The largest absolute Gasteiger partial charge is 0.339 e. The quantitative estimate of drug-likeness (QED) is 0.860. The Balaban J connectivity index is 1.54. The molecule has 2 fully saturated rings. The van der Waals surface area contributed by atoms with Crippen LogP contribution in [0.15, 0.2) is 24.3 Å². The molecule has 3 heterocycles. The second kappa shape index (κ2) is 5.96. The highest BCUT2D eigenvalue weighted by Gasteiger charge is 2.37.